The minimum atomic E-state index is -4.56. The maximum Gasteiger partial charge on any atom is 0.268 e. The predicted octanol–water partition coefficient (Wildman–Crippen LogP) is 13.3. The minimum absolute atomic E-state index is 0.0123. The number of aliphatic hydroxyl groups excluding tert-OH is 1. The molecule has 0 radical (unpaired) electrons. The smallest absolute Gasteiger partial charge is 0.268 e. The third kappa shape index (κ3) is 43.1. The Bertz CT molecular complexity index is 942. The molecule has 0 bridgehead atoms. The van der Waals surface area contributed by atoms with Gasteiger partial charge in [0, 0.05) is 6.42 Å². The van der Waals surface area contributed by atoms with E-state index in [9.17, 15) is 19.4 Å². The summed E-state index contributed by atoms with van der Waals surface area (Å²) in [5, 5.41) is 13.9. The van der Waals surface area contributed by atoms with Gasteiger partial charge in [0.2, 0.25) is 5.91 Å². The number of nitrogens with one attached hydrogen (secondary N) is 1. The molecule has 0 saturated carbocycles. The number of nitrogens with zero attached hydrogens (tertiary/aromatic N) is 1. The zero-order valence-electron chi connectivity index (χ0n) is 38.6. The van der Waals surface area contributed by atoms with Gasteiger partial charge in [0.25, 0.3) is 7.82 Å². The van der Waals surface area contributed by atoms with Crippen LogP contribution in [0.2, 0.25) is 0 Å². The van der Waals surface area contributed by atoms with Gasteiger partial charge in [-0.25, -0.2) is 0 Å². The summed E-state index contributed by atoms with van der Waals surface area (Å²) in [5.41, 5.74) is 0. The van der Waals surface area contributed by atoms with E-state index in [2.05, 4.69) is 31.3 Å². The highest BCUT2D eigenvalue weighted by atomic mass is 31.2. The summed E-state index contributed by atoms with van der Waals surface area (Å²) in [7, 11) is 1.31. The third-order valence-electron chi connectivity index (χ3n) is 11.2. The number of amides is 1. The molecule has 0 aromatic rings. The molecule has 0 spiro atoms. The van der Waals surface area contributed by atoms with Gasteiger partial charge in [-0.2, -0.15) is 0 Å². The van der Waals surface area contributed by atoms with Crippen LogP contribution in [0.25, 0.3) is 0 Å². The van der Waals surface area contributed by atoms with Crippen molar-refractivity contribution in [2.24, 2.45) is 0 Å². The maximum atomic E-state index is 12.8. The van der Waals surface area contributed by atoms with Crippen molar-refractivity contribution in [1.82, 2.24) is 5.32 Å². The van der Waals surface area contributed by atoms with Gasteiger partial charge in [0.05, 0.1) is 39.9 Å². The lowest BCUT2D eigenvalue weighted by Crippen LogP contribution is -2.46. The van der Waals surface area contributed by atoms with Gasteiger partial charge in [0.15, 0.2) is 0 Å². The fourth-order valence-electron chi connectivity index (χ4n) is 7.34. The zero-order chi connectivity index (χ0) is 42.1. The van der Waals surface area contributed by atoms with Crippen molar-refractivity contribution in [2.75, 3.05) is 40.9 Å². The van der Waals surface area contributed by atoms with Crippen LogP contribution in [0.5, 0.6) is 0 Å². The molecule has 340 valence electrons. The van der Waals surface area contributed by atoms with Gasteiger partial charge in [0.1, 0.15) is 13.2 Å². The molecule has 2 N–H and O–H groups in total. The Balaban J connectivity index is 4.11. The lowest BCUT2D eigenvalue weighted by molar-refractivity contribution is -0.870. The van der Waals surface area contributed by atoms with Gasteiger partial charge >= 0.3 is 0 Å². The normalized spacial score (nSPS) is 14.3. The fourth-order valence-corrected chi connectivity index (χ4v) is 8.06. The van der Waals surface area contributed by atoms with E-state index in [1.165, 1.54) is 154 Å². The molecule has 0 heterocycles. The average molecular weight is 829 g/mol. The number of unbranched alkanes of at least 4 members (excludes halogenated alkanes) is 30. The zero-order valence-corrected chi connectivity index (χ0v) is 39.5. The SMILES string of the molecule is CCC/C=C\CCCCCCCC(=O)NC(COP(=O)([O-])OCC[N+](C)(C)C)C(O)CCCCCCCCCCCCCCCCCCCCCCCCCCC. The highest BCUT2D eigenvalue weighted by Crippen LogP contribution is 2.38. The topological polar surface area (TPSA) is 108 Å². The molecule has 8 nitrogen and oxygen atoms in total. The van der Waals surface area contributed by atoms with Crippen LogP contribution < -0.4 is 10.2 Å². The molecule has 1 amide bonds. The Morgan fingerprint density at radius 1 is 0.596 bits per heavy atom. The summed E-state index contributed by atoms with van der Waals surface area (Å²) in [6.07, 6.45) is 46.7. The second kappa shape index (κ2) is 40.6. The highest BCUT2D eigenvalue weighted by molar-refractivity contribution is 7.45. The second-order valence-corrected chi connectivity index (χ2v) is 19.6. The molecule has 0 aliphatic rings. The lowest BCUT2D eigenvalue weighted by atomic mass is 10.0. The third-order valence-corrected chi connectivity index (χ3v) is 12.2. The van der Waals surface area contributed by atoms with Crippen molar-refractivity contribution in [3.05, 3.63) is 12.2 Å². The lowest BCUT2D eigenvalue weighted by Gasteiger charge is -2.30. The van der Waals surface area contributed by atoms with E-state index >= 15 is 0 Å². The van der Waals surface area contributed by atoms with Gasteiger partial charge in [-0.05, 0) is 32.1 Å². The maximum absolute atomic E-state index is 12.8. The molecule has 57 heavy (non-hydrogen) atoms. The number of rotatable bonds is 45. The molecule has 9 heteroatoms. The van der Waals surface area contributed by atoms with Crippen LogP contribution >= 0.6 is 7.82 Å². The number of phosphoric ester groups is 1. The molecule has 0 aromatic heterocycles. The molecule has 0 rings (SSSR count). The molecule has 3 atom stereocenters. The quantitative estimate of drug-likeness (QED) is 0.0274. The van der Waals surface area contributed by atoms with Crippen LogP contribution in [-0.2, 0) is 18.4 Å². The van der Waals surface area contributed by atoms with E-state index < -0.39 is 20.0 Å². The van der Waals surface area contributed by atoms with Crippen LogP contribution in [0.1, 0.15) is 239 Å². The van der Waals surface area contributed by atoms with Crippen molar-refractivity contribution >= 4 is 13.7 Å². The minimum Gasteiger partial charge on any atom is -0.756 e. The number of carbonyl (C=O) groups excluding carboxylic acids is 1. The summed E-state index contributed by atoms with van der Waals surface area (Å²) in [6, 6.07) is -0.800. The van der Waals surface area contributed by atoms with Gasteiger partial charge in [-0.1, -0.05) is 212 Å². The fraction of sp³-hybridized carbons (Fsp3) is 0.938. The number of quaternary nitrogens is 1. The Morgan fingerprint density at radius 2 is 1.00 bits per heavy atom. The largest absolute Gasteiger partial charge is 0.756 e. The number of likely N-dealkylation sites (N-methyl/N-ethyl adjacent to an activating group) is 1. The summed E-state index contributed by atoms with van der Waals surface area (Å²) in [4.78, 5) is 25.3. The van der Waals surface area contributed by atoms with E-state index in [-0.39, 0.29) is 19.1 Å². The average Bonchev–Trinajstić information content (AvgIpc) is 3.16. The van der Waals surface area contributed by atoms with E-state index in [4.69, 9.17) is 9.05 Å². The molecule has 0 aliphatic carbocycles. The number of carbonyl (C=O) groups is 1. The number of allylic oxidation sites excluding steroid dienone is 2. The first kappa shape index (κ1) is 56.2. The van der Waals surface area contributed by atoms with Crippen LogP contribution in [0.4, 0.5) is 0 Å². The molecule has 0 saturated heterocycles. The van der Waals surface area contributed by atoms with Crippen molar-refractivity contribution < 1.29 is 32.9 Å². The van der Waals surface area contributed by atoms with Crippen LogP contribution in [0.15, 0.2) is 12.2 Å². The standard InChI is InChI=1S/C48H97N2O6P/c1-6-8-10-12-14-16-18-19-20-21-22-23-24-25-26-27-28-29-30-31-32-33-35-37-39-41-47(51)46(45-56-57(53,54)55-44-43-50(3,4)5)49-48(52)42-40-38-36-34-17-15-13-11-9-7-2/h11,13,46-47,51H,6-10,12,14-45H2,1-5H3,(H-,49,52,53,54)/b13-11-. The van der Waals surface area contributed by atoms with Crippen molar-refractivity contribution in [3.63, 3.8) is 0 Å². The predicted molar refractivity (Wildman–Crippen MR) is 242 cm³/mol. The summed E-state index contributed by atoms with van der Waals surface area (Å²) in [5.74, 6) is -0.174. The van der Waals surface area contributed by atoms with E-state index in [0.717, 1.165) is 57.8 Å². The van der Waals surface area contributed by atoms with Crippen LogP contribution in [0.3, 0.4) is 0 Å². The van der Waals surface area contributed by atoms with E-state index in [1.807, 2.05) is 21.1 Å². The van der Waals surface area contributed by atoms with Gasteiger partial charge in [-0.3, -0.25) is 9.36 Å². The molecule has 0 aromatic carbocycles. The first-order valence-corrected chi connectivity index (χ1v) is 26.0. The summed E-state index contributed by atoms with van der Waals surface area (Å²) < 4.78 is 23.3. The molecule has 0 fully saturated rings. The summed E-state index contributed by atoms with van der Waals surface area (Å²) in [6.45, 7) is 4.67. The Morgan fingerprint density at radius 3 is 1.44 bits per heavy atom. The van der Waals surface area contributed by atoms with Gasteiger partial charge < -0.3 is 28.8 Å². The van der Waals surface area contributed by atoms with Crippen molar-refractivity contribution in [2.45, 2.75) is 251 Å². The van der Waals surface area contributed by atoms with Crippen molar-refractivity contribution in [1.29, 1.82) is 0 Å². The number of phosphoric acid groups is 1. The van der Waals surface area contributed by atoms with Crippen LogP contribution in [0, 0.1) is 0 Å². The second-order valence-electron chi connectivity index (χ2n) is 18.2. The highest BCUT2D eigenvalue weighted by Gasteiger charge is 2.24. The summed E-state index contributed by atoms with van der Waals surface area (Å²) >= 11 is 0. The Labute approximate surface area is 354 Å². The molecular weight excluding hydrogens is 732 g/mol. The van der Waals surface area contributed by atoms with E-state index in [0.29, 0.717) is 23.9 Å². The monoisotopic (exact) mass is 829 g/mol. The molecule has 3 unspecified atom stereocenters. The Kier molecular flexibility index (Phi) is 40.1. The number of hydrogen-bond acceptors (Lipinski definition) is 6. The van der Waals surface area contributed by atoms with Crippen LogP contribution in [-0.4, -0.2) is 68.5 Å². The van der Waals surface area contributed by atoms with Gasteiger partial charge in [-0.15, -0.1) is 0 Å². The number of aliphatic hydroxyl groups is 1. The first-order chi connectivity index (χ1) is 27.5. The molecule has 0 aliphatic heterocycles. The van der Waals surface area contributed by atoms with E-state index in [1.54, 1.807) is 0 Å². The molecular formula is C48H97N2O6P. The number of hydrogen-bond donors (Lipinski definition) is 2. The first-order valence-electron chi connectivity index (χ1n) is 24.5. The van der Waals surface area contributed by atoms with Crippen molar-refractivity contribution in [3.8, 4) is 0 Å². The Hall–Kier alpha value is -0.760.